The Morgan fingerprint density at radius 2 is 0.500 bits per heavy atom. The van der Waals surface area contributed by atoms with Crippen molar-refractivity contribution in [1.29, 1.82) is 0 Å². The Hall–Kier alpha value is -11.2. The number of rotatable bonds is 7. The lowest BCUT2D eigenvalue weighted by Gasteiger charge is -2.19. The molecule has 5 heterocycles. The maximum Gasteiger partial charge on any atom is 0.416 e. The maximum atomic E-state index is 15.0. The van der Waals surface area contributed by atoms with Crippen LogP contribution in [0.1, 0.15) is 22.3 Å². The summed E-state index contributed by atoms with van der Waals surface area (Å²) in [6.07, 6.45) is -19.1. The zero-order valence-corrected chi connectivity index (χ0v) is 47.2. The fraction of sp³-hybridized carbons (Fsp3) is 0.0548. The highest BCUT2D eigenvalue weighted by molar-refractivity contribution is 6.13. The maximum absolute atomic E-state index is 15.0. The molecule has 0 radical (unpaired) electrons. The van der Waals surface area contributed by atoms with Crippen molar-refractivity contribution in [2.75, 3.05) is 0 Å². The van der Waals surface area contributed by atoms with E-state index in [1.165, 1.54) is 24.3 Å². The van der Waals surface area contributed by atoms with Gasteiger partial charge in [0.15, 0.2) is 17.5 Å². The molecule has 0 aliphatic heterocycles. The molecule has 0 aliphatic carbocycles. The van der Waals surface area contributed by atoms with E-state index < -0.39 is 47.0 Å². The van der Waals surface area contributed by atoms with E-state index in [1.807, 2.05) is 0 Å². The predicted octanol–water partition coefficient (Wildman–Crippen LogP) is 21.3. The van der Waals surface area contributed by atoms with Crippen molar-refractivity contribution in [3.63, 3.8) is 0 Å². The van der Waals surface area contributed by atoms with Gasteiger partial charge >= 0.3 is 24.7 Å². The lowest BCUT2D eigenvalue weighted by atomic mass is 10.1. The average molecular weight is 1240 g/mol. The van der Waals surface area contributed by atoms with E-state index in [1.54, 1.807) is 182 Å². The molecule has 16 aromatic rings. The van der Waals surface area contributed by atoms with Crippen molar-refractivity contribution in [2.45, 2.75) is 24.7 Å². The summed E-state index contributed by atoms with van der Waals surface area (Å²) in [5.41, 5.74) is 0.548. The Bertz CT molecular complexity index is 5400. The number of fused-ring (bicyclic) bond motifs is 12. The van der Waals surface area contributed by atoms with E-state index in [4.69, 9.17) is 15.0 Å². The first-order valence-electron chi connectivity index (χ1n) is 28.7. The van der Waals surface area contributed by atoms with Gasteiger partial charge in [-0.25, -0.2) is 15.0 Å². The summed E-state index contributed by atoms with van der Waals surface area (Å²) in [4.78, 5) is 15.5. The van der Waals surface area contributed by atoms with Gasteiger partial charge in [-0.15, -0.1) is 0 Å². The third-order valence-electron chi connectivity index (χ3n) is 17.1. The third-order valence-corrected chi connectivity index (χ3v) is 17.1. The molecule has 0 fully saturated rings. The Balaban J connectivity index is 1.03. The van der Waals surface area contributed by atoms with Crippen molar-refractivity contribution in [2.24, 2.45) is 0 Å². The number of nitrogens with zero attached hydrogens (tertiary/aromatic N) is 7. The number of benzene rings is 11. The van der Waals surface area contributed by atoms with Crippen molar-refractivity contribution in [1.82, 2.24) is 33.2 Å². The highest BCUT2D eigenvalue weighted by atomic mass is 19.4. The van der Waals surface area contributed by atoms with Gasteiger partial charge < -0.3 is 18.3 Å². The van der Waals surface area contributed by atoms with Gasteiger partial charge in [0.1, 0.15) is 0 Å². The van der Waals surface area contributed by atoms with Crippen molar-refractivity contribution >= 4 is 87.2 Å². The number of hydrogen-bond donors (Lipinski definition) is 0. The normalized spacial score (nSPS) is 12.8. The number of aromatic nitrogens is 7. The summed E-state index contributed by atoms with van der Waals surface area (Å²) in [5.74, 6) is -0.0508. The van der Waals surface area contributed by atoms with Crippen LogP contribution in [0.3, 0.4) is 0 Å². The minimum absolute atomic E-state index is 0.0615. The Morgan fingerprint density at radius 1 is 0.228 bits per heavy atom. The zero-order chi connectivity index (χ0) is 63.3. The van der Waals surface area contributed by atoms with Crippen LogP contribution in [-0.4, -0.2) is 33.2 Å². The Morgan fingerprint density at radius 3 is 0.826 bits per heavy atom. The lowest BCUT2D eigenvalue weighted by molar-refractivity contribution is -0.138. The largest absolute Gasteiger partial charge is 0.416 e. The van der Waals surface area contributed by atoms with Crippen LogP contribution in [0.15, 0.2) is 237 Å². The topological polar surface area (TPSA) is 58.4 Å². The molecule has 0 amide bonds. The van der Waals surface area contributed by atoms with E-state index in [9.17, 15) is 52.7 Å². The molecular weight excluding hydrogens is 1200 g/mol. The van der Waals surface area contributed by atoms with Gasteiger partial charge in [-0.1, -0.05) is 127 Å². The van der Waals surface area contributed by atoms with Crippen LogP contribution in [0, 0.1) is 0 Å². The fourth-order valence-corrected chi connectivity index (χ4v) is 13.1. The molecule has 5 aromatic heterocycles. The molecule has 11 aromatic carbocycles. The second-order valence-corrected chi connectivity index (χ2v) is 22.4. The summed E-state index contributed by atoms with van der Waals surface area (Å²) in [6, 6.07) is 60.3. The van der Waals surface area contributed by atoms with E-state index in [0.29, 0.717) is 82.1 Å². The second-order valence-electron chi connectivity index (χ2n) is 22.4. The zero-order valence-electron chi connectivity index (χ0n) is 47.2. The SMILES string of the molecule is FC(F)(F)c1ccc2c3ccccc3n(-c3ccc(-c4nc(-c5ccccc5)nc(-c5ccc(-n6c7ccccc7c7ccc(C(F)(F)F)cc76)cc5-n5c6ccccc6c6ccc(C(F)(F)F)cc65)n4)c(-n4c5ccccc5c5ccc(C(F)(F)F)cc54)c3)c2c1. The molecule has 0 N–H and O–H groups in total. The summed E-state index contributed by atoms with van der Waals surface area (Å²) < 4.78 is 185. The first-order valence-corrected chi connectivity index (χ1v) is 28.7. The molecule has 0 saturated carbocycles. The van der Waals surface area contributed by atoms with Gasteiger partial charge in [0, 0.05) is 71.2 Å². The highest BCUT2D eigenvalue weighted by Gasteiger charge is 2.36. The number of halogens is 12. The molecule has 0 aliphatic rings. The molecule has 92 heavy (non-hydrogen) atoms. The molecule has 0 unspecified atom stereocenters. The van der Waals surface area contributed by atoms with Crippen molar-refractivity contribution in [3.8, 4) is 56.9 Å². The molecular formula is C73H39F12N7. The standard InChI is InChI=1S/C73H39F12N7/c74-70(75,76)41-22-28-51-47-14-4-8-18-57(47)89(61(51)34-41)45-26-32-55(65(38-45)91-59-20-10-6-16-49(59)53-30-24-43(36-63(53)91)72(80,81)82)68-86-67(40-12-2-1-3-13-40)87-69(88-68)56-33-27-46(90-58-19-9-5-15-48(58)52-29-23-42(35-62(52)90)71(77,78)79)39-66(56)92-60-21-11-7-17-50(60)54-31-25-44(37-64(54)92)73(83,84)85/h1-39H. The van der Waals surface area contributed by atoms with Crippen LogP contribution in [0.25, 0.3) is 144 Å². The van der Waals surface area contributed by atoms with Crippen LogP contribution >= 0.6 is 0 Å². The molecule has 0 saturated heterocycles. The van der Waals surface area contributed by atoms with Gasteiger partial charge in [0.05, 0.1) is 77.8 Å². The van der Waals surface area contributed by atoms with Crippen LogP contribution in [0.4, 0.5) is 52.7 Å². The molecule has 450 valence electrons. The van der Waals surface area contributed by atoms with Crippen molar-refractivity contribution < 1.29 is 52.7 Å². The van der Waals surface area contributed by atoms with Gasteiger partial charge in [-0.05, 0) is 109 Å². The van der Waals surface area contributed by atoms with Crippen LogP contribution < -0.4 is 0 Å². The predicted molar refractivity (Wildman–Crippen MR) is 333 cm³/mol. The summed E-state index contributed by atoms with van der Waals surface area (Å²) in [6.45, 7) is 0. The van der Waals surface area contributed by atoms with Crippen LogP contribution in [0.5, 0.6) is 0 Å². The molecule has 19 heteroatoms. The van der Waals surface area contributed by atoms with Gasteiger partial charge in [-0.2, -0.15) is 52.7 Å². The molecule has 0 atom stereocenters. The van der Waals surface area contributed by atoms with Crippen LogP contribution in [-0.2, 0) is 24.7 Å². The minimum atomic E-state index is -4.81. The highest BCUT2D eigenvalue weighted by Crippen LogP contribution is 2.46. The molecule has 0 spiro atoms. The summed E-state index contributed by atoms with van der Waals surface area (Å²) >= 11 is 0. The smallest absolute Gasteiger partial charge is 0.309 e. The average Bonchev–Trinajstić information content (AvgIpc) is 1.59. The summed E-state index contributed by atoms with van der Waals surface area (Å²) in [5, 5.41) is 4.19. The van der Waals surface area contributed by atoms with Crippen LogP contribution in [0.2, 0.25) is 0 Å². The van der Waals surface area contributed by atoms with Gasteiger partial charge in [0.25, 0.3) is 0 Å². The lowest BCUT2D eigenvalue weighted by Crippen LogP contribution is -2.08. The molecule has 0 bridgehead atoms. The van der Waals surface area contributed by atoms with E-state index in [2.05, 4.69) is 0 Å². The van der Waals surface area contributed by atoms with E-state index in [0.717, 1.165) is 48.5 Å². The molecule has 7 nitrogen and oxygen atoms in total. The fourth-order valence-electron chi connectivity index (χ4n) is 13.1. The van der Waals surface area contributed by atoms with E-state index in [-0.39, 0.29) is 62.0 Å². The second kappa shape index (κ2) is 20.1. The quantitative estimate of drug-likeness (QED) is 0.149. The Labute approximate surface area is 511 Å². The number of para-hydroxylation sites is 4. The van der Waals surface area contributed by atoms with Crippen molar-refractivity contribution in [3.05, 3.63) is 259 Å². The van der Waals surface area contributed by atoms with Gasteiger partial charge in [-0.3, -0.25) is 0 Å². The first kappa shape index (κ1) is 56.1. The number of hydrogen-bond acceptors (Lipinski definition) is 3. The van der Waals surface area contributed by atoms with E-state index >= 15 is 0 Å². The third kappa shape index (κ3) is 8.95. The first-order chi connectivity index (χ1) is 44.2. The Kier molecular flexibility index (Phi) is 12.3. The monoisotopic (exact) mass is 1240 g/mol. The minimum Gasteiger partial charge on any atom is -0.309 e. The van der Waals surface area contributed by atoms with Gasteiger partial charge in [0.2, 0.25) is 0 Å². The summed E-state index contributed by atoms with van der Waals surface area (Å²) in [7, 11) is 0. The molecule has 16 rings (SSSR count). The number of alkyl halides is 12.